The summed E-state index contributed by atoms with van der Waals surface area (Å²) in [6.07, 6.45) is 1.12. The van der Waals surface area contributed by atoms with Crippen molar-refractivity contribution in [2.75, 3.05) is 7.11 Å². The van der Waals surface area contributed by atoms with E-state index in [1.54, 1.807) is 7.11 Å². The molecule has 1 nitrogen and oxygen atoms in total. The topological polar surface area (TPSA) is 9.23 Å². The minimum absolute atomic E-state index is 0.227. The van der Waals surface area contributed by atoms with E-state index in [2.05, 4.69) is 13.1 Å². The highest BCUT2D eigenvalue weighted by Gasteiger charge is 2.20. The first-order valence-corrected chi connectivity index (χ1v) is 8.66. The van der Waals surface area contributed by atoms with E-state index in [4.69, 9.17) is 4.43 Å². The zero-order valence-corrected chi connectivity index (χ0v) is 11.3. The van der Waals surface area contributed by atoms with Gasteiger partial charge in [0.1, 0.15) is 5.82 Å². The average molecular weight is 262 g/mol. The molecule has 0 atom stereocenters. The van der Waals surface area contributed by atoms with Crippen molar-refractivity contribution in [1.82, 2.24) is 0 Å². The SMILES string of the molecule is CO[Si](C)(C)CCCc1cc(F)c(F)cc1F. The van der Waals surface area contributed by atoms with Gasteiger partial charge in [0.05, 0.1) is 0 Å². The molecule has 0 unspecified atom stereocenters. The molecule has 5 heteroatoms. The molecule has 0 fully saturated rings. The molecule has 1 aromatic carbocycles. The Morgan fingerprint density at radius 3 is 2.24 bits per heavy atom. The van der Waals surface area contributed by atoms with Gasteiger partial charge in [-0.25, -0.2) is 13.2 Å². The predicted octanol–water partition coefficient (Wildman–Crippen LogP) is 3.89. The van der Waals surface area contributed by atoms with Gasteiger partial charge in [0.2, 0.25) is 0 Å². The Bertz CT molecular complexity index is 394. The van der Waals surface area contributed by atoms with Gasteiger partial charge in [0.15, 0.2) is 20.0 Å². The zero-order valence-electron chi connectivity index (χ0n) is 10.3. The van der Waals surface area contributed by atoms with Crippen LogP contribution in [-0.4, -0.2) is 15.4 Å². The van der Waals surface area contributed by atoms with Crippen LogP contribution in [0.3, 0.4) is 0 Å². The maximum atomic E-state index is 13.3. The molecule has 0 saturated carbocycles. The lowest BCUT2D eigenvalue weighted by Crippen LogP contribution is -2.28. The number of halogens is 3. The summed E-state index contributed by atoms with van der Waals surface area (Å²) in [5.74, 6) is -2.82. The first-order chi connectivity index (χ1) is 7.85. The summed E-state index contributed by atoms with van der Waals surface area (Å²) in [6, 6.07) is 2.40. The summed E-state index contributed by atoms with van der Waals surface area (Å²) >= 11 is 0. The Hall–Kier alpha value is -0.813. The Morgan fingerprint density at radius 1 is 1.06 bits per heavy atom. The van der Waals surface area contributed by atoms with E-state index >= 15 is 0 Å². The number of rotatable bonds is 5. The number of benzene rings is 1. The Balaban J connectivity index is 2.61. The number of aryl methyl sites for hydroxylation is 1. The zero-order chi connectivity index (χ0) is 13.1. The monoisotopic (exact) mass is 262 g/mol. The van der Waals surface area contributed by atoms with Crippen molar-refractivity contribution < 1.29 is 17.6 Å². The van der Waals surface area contributed by atoms with Crippen LogP contribution in [0.5, 0.6) is 0 Å². The lowest BCUT2D eigenvalue weighted by molar-refractivity contribution is 0.401. The molecule has 0 N–H and O–H groups in total. The molecule has 0 aliphatic carbocycles. The van der Waals surface area contributed by atoms with Crippen molar-refractivity contribution in [2.45, 2.75) is 32.0 Å². The van der Waals surface area contributed by atoms with Crippen molar-refractivity contribution in [2.24, 2.45) is 0 Å². The molecule has 0 amide bonds. The van der Waals surface area contributed by atoms with Gasteiger partial charge in [-0.15, -0.1) is 0 Å². The van der Waals surface area contributed by atoms with E-state index in [1.165, 1.54) is 0 Å². The first kappa shape index (κ1) is 14.2. The molecule has 0 heterocycles. The Labute approximate surface area is 101 Å². The van der Waals surface area contributed by atoms with Gasteiger partial charge >= 0.3 is 0 Å². The van der Waals surface area contributed by atoms with E-state index in [0.29, 0.717) is 12.5 Å². The molecule has 1 aromatic rings. The van der Waals surface area contributed by atoms with Crippen LogP contribution >= 0.6 is 0 Å². The maximum absolute atomic E-state index is 13.3. The second-order valence-corrected chi connectivity index (χ2v) is 9.10. The first-order valence-electron chi connectivity index (χ1n) is 5.54. The molecule has 96 valence electrons. The molecule has 0 aliphatic rings. The summed E-state index contributed by atoms with van der Waals surface area (Å²) in [4.78, 5) is 0. The van der Waals surface area contributed by atoms with Crippen molar-refractivity contribution in [3.05, 3.63) is 35.1 Å². The van der Waals surface area contributed by atoms with Gasteiger partial charge in [0.25, 0.3) is 0 Å². The van der Waals surface area contributed by atoms with E-state index in [-0.39, 0.29) is 5.56 Å². The minimum Gasteiger partial charge on any atom is -0.420 e. The lowest BCUT2D eigenvalue weighted by Gasteiger charge is -2.19. The second kappa shape index (κ2) is 5.69. The molecule has 0 radical (unpaired) electrons. The highest BCUT2D eigenvalue weighted by Crippen LogP contribution is 2.19. The van der Waals surface area contributed by atoms with Crippen LogP contribution in [0.25, 0.3) is 0 Å². The van der Waals surface area contributed by atoms with Crippen molar-refractivity contribution >= 4 is 8.32 Å². The summed E-state index contributed by atoms with van der Waals surface area (Å²) in [5, 5.41) is 0. The smallest absolute Gasteiger partial charge is 0.186 e. The lowest BCUT2D eigenvalue weighted by atomic mass is 10.1. The largest absolute Gasteiger partial charge is 0.420 e. The van der Waals surface area contributed by atoms with Crippen LogP contribution in [0.1, 0.15) is 12.0 Å². The minimum atomic E-state index is -1.66. The third-order valence-electron chi connectivity index (χ3n) is 2.87. The normalized spacial score (nSPS) is 11.9. The van der Waals surface area contributed by atoms with Gasteiger partial charge in [-0.3, -0.25) is 0 Å². The maximum Gasteiger partial charge on any atom is 0.186 e. The van der Waals surface area contributed by atoms with Crippen LogP contribution < -0.4 is 0 Å². The average Bonchev–Trinajstić information content (AvgIpc) is 2.25. The van der Waals surface area contributed by atoms with E-state index in [1.807, 2.05) is 0 Å². The van der Waals surface area contributed by atoms with Crippen molar-refractivity contribution in [3.8, 4) is 0 Å². The fraction of sp³-hybridized carbons (Fsp3) is 0.500. The molecule has 0 saturated heterocycles. The Morgan fingerprint density at radius 2 is 1.65 bits per heavy atom. The molecule has 0 spiro atoms. The van der Waals surface area contributed by atoms with Crippen molar-refractivity contribution in [3.63, 3.8) is 0 Å². The molecule has 0 bridgehead atoms. The van der Waals surface area contributed by atoms with Gasteiger partial charge in [-0.1, -0.05) is 0 Å². The molecule has 17 heavy (non-hydrogen) atoms. The summed E-state index contributed by atoms with van der Waals surface area (Å²) in [6.45, 7) is 4.13. The molecule has 0 aromatic heterocycles. The molecular weight excluding hydrogens is 245 g/mol. The summed E-state index contributed by atoms with van der Waals surface area (Å²) in [5.41, 5.74) is 0.227. The second-order valence-electron chi connectivity index (χ2n) is 4.68. The fourth-order valence-corrected chi connectivity index (χ4v) is 2.79. The standard InChI is InChI=1S/C12H17F3OSi/c1-16-17(2,3)6-4-5-9-7-11(14)12(15)8-10(9)13/h7-8H,4-6H2,1-3H3. The quantitative estimate of drug-likeness (QED) is 0.578. The molecule has 0 aliphatic heterocycles. The van der Waals surface area contributed by atoms with Crippen molar-refractivity contribution in [1.29, 1.82) is 0 Å². The summed E-state index contributed by atoms with van der Waals surface area (Å²) < 4.78 is 44.3. The third kappa shape index (κ3) is 4.16. The van der Waals surface area contributed by atoms with Crippen LogP contribution in [0, 0.1) is 17.5 Å². The van der Waals surface area contributed by atoms with E-state index < -0.39 is 25.8 Å². The molecular formula is C12H17F3OSi. The van der Waals surface area contributed by atoms with Gasteiger partial charge < -0.3 is 4.43 Å². The van der Waals surface area contributed by atoms with Gasteiger partial charge in [-0.2, -0.15) is 0 Å². The van der Waals surface area contributed by atoms with Crippen LogP contribution in [0.2, 0.25) is 19.1 Å². The highest BCUT2D eigenvalue weighted by molar-refractivity contribution is 6.71. The number of hydrogen-bond acceptors (Lipinski definition) is 1. The van der Waals surface area contributed by atoms with Gasteiger partial charge in [-0.05, 0) is 43.6 Å². The number of hydrogen-bond donors (Lipinski definition) is 0. The van der Waals surface area contributed by atoms with Crippen LogP contribution in [0.4, 0.5) is 13.2 Å². The van der Waals surface area contributed by atoms with E-state index in [9.17, 15) is 13.2 Å². The predicted molar refractivity (Wildman–Crippen MR) is 63.9 cm³/mol. The Kier molecular flexibility index (Phi) is 4.77. The van der Waals surface area contributed by atoms with Crippen LogP contribution in [-0.2, 0) is 10.8 Å². The van der Waals surface area contributed by atoms with Gasteiger partial charge in [0, 0.05) is 13.2 Å². The fourth-order valence-electron chi connectivity index (χ4n) is 1.56. The third-order valence-corrected chi connectivity index (χ3v) is 5.53. The van der Waals surface area contributed by atoms with E-state index in [0.717, 1.165) is 18.5 Å². The molecule has 1 rings (SSSR count). The van der Waals surface area contributed by atoms with Crippen LogP contribution in [0.15, 0.2) is 12.1 Å². The highest BCUT2D eigenvalue weighted by atomic mass is 28.4. The summed E-state index contributed by atoms with van der Waals surface area (Å²) in [7, 11) is 0.00770.